The van der Waals surface area contributed by atoms with Crippen molar-refractivity contribution < 1.29 is 0 Å². The number of halogens is 1. The van der Waals surface area contributed by atoms with Gasteiger partial charge in [0.25, 0.3) is 5.78 Å². The first-order chi connectivity index (χ1) is 10.2. The lowest BCUT2D eigenvalue weighted by Gasteiger charge is -2.33. The Bertz CT molecular complexity index is 669. The largest absolute Gasteiger partial charge is 0.365 e. The zero-order valence-electron chi connectivity index (χ0n) is 12.1. The number of hydrogen-bond acceptors (Lipinski definition) is 5. The third kappa shape index (κ3) is 2.17. The minimum absolute atomic E-state index is 0.454. The highest BCUT2D eigenvalue weighted by Gasteiger charge is 2.36. The van der Waals surface area contributed by atoms with Crippen LogP contribution >= 0.6 is 11.6 Å². The molecule has 2 aliphatic rings. The summed E-state index contributed by atoms with van der Waals surface area (Å²) in [6.45, 7) is 4.39. The van der Waals surface area contributed by atoms with Crippen LogP contribution in [0.3, 0.4) is 0 Å². The number of piperidine rings is 1. The van der Waals surface area contributed by atoms with Crippen molar-refractivity contribution in [2.75, 3.05) is 18.4 Å². The Morgan fingerprint density at radius 1 is 1.29 bits per heavy atom. The van der Waals surface area contributed by atoms with Crippen LogP contribution in [-0.4, -0.2) is 49.7 Å². The van der Waals surface area contributed by atoms with E-state index in [9.17, 15) is 0 Å². The minimum atomic E-state index is 0.454. The van der Waals surface area contributed by atoms with Gasteiger partial charge in [0.2, 0.25) is 0 Å². The van der Waals surface area contributed by atoms with E-state index < -0.39 is 0 Å². The van der Waals surface area contributed by atoms with Crippen LogP contribution in [0.4, 0.5) is 5.82 Å². The highest BCUT2D eigenvalue weighted by molar-refractivity contribution is 6.30. The molecule has 2 aromatic heterocycles. The van der Waals surface area contributed by atoms with E-state index in [1.165, 1.54) is 45.1 Å². The highest BCUT2D eigenvalue weighted by atomic mass is 35.5. The topological polar surface area (TPSA) is 58.4 Å². The SMILES string of the molecule is Cc1c(Cl)nc2ncnn2c1NC1CCN2CCCCC12. The zero-order valence-corrected chi connectivity index (χ0v) is 12.8. The summed E-state index contributed by atoms with van der Waals surface area (Å²) in [7, 11) is 0. The average Bonchev–Trinajstić information content (AvgIpc) is 3.10. The van der Waals surface area contributed by atoms with E-state index >= 15 is 0 Å². The van der Waals surface area contributed by atoms with E-state index in [0.29, 0.717) is 23.0 Å². The van der Waals surface area contributed by atoms with Crippen molar-refractivity contribution in [2.45, 2.75) is 44.7 Å². The average molecular weight is 307 g/mol. The van der Waals surface area contributed by atoms with Gasteiger partial charge in [0.15, 0.2) is 0 Å². The van der Waals surface area contributed by atoms with Gasteiger partial charge in [0, 0.05) is 24.2 Å². The summed E-state index contributed by atoms with van der Waals surface area (Å²) in [4.78, 5) is 11.0. The van der Waals surface area contributed by atoms with Crippen molar-refractivity contribution in [1.82, 2.24) is 24.5 Å². The molecule has 0 aromatic carbocycles. The smallest absolute Gasteiger partial charge is 0.255 e. The van der Waals surface area contributed by atoms with E-state index in [1.807, 2.05) is 6.92 Å². The number of hydrogen-bond donors (Lipinski definition) is 1. The Morgan fingerprint density at radius 2 is 2.19 bits per heavy atom. The summed E-state index contributed by atoms with van der Waals surface area (Å²) < 4.78 is 1.76. The minimum Gasteiger partial charge on any atom is -0.365 e. The van der Waals surface area contributed by atoms with E-state index in [2.05, 4.69) is 25.3 Å². The number of anilines is 1. The number of nitrogens with zero attached hydrogens (tertiary/aromatic N) is 5. The fourth-order valence-electron chi connectivity index (χ4n) is 3.66. The van der Waals surface area contributed by atoms with Crippen molar-refractivity contribution in [3.8, 4) is 0 Å². The van der Waals surface area contributed by atoms with Crippen LogP contribution in [0.2, 0.25) is 5.15 Å². The van der Waals surface area contributed by atoms with Gasteiger partial charge in [-0.1, -0.05) is 18.0 Å². The lowest BCUT2D eigenvalue weighted by Crippen LogP contribution is -2.42. The molecule has 112 valence electrons. The first-order valence-electron chi connectivity index (χ1n) is 7.60. The molecule has 0 spiro atoms. The standard InChI is InChI=1S/C14H19ClN6/c1-9-12(15)19-14-16-8-17-21(14)13(9)18-10-5-7-20-6-3-2-4-11(10)20/h8,10-11,18H,2-7H2,1H3. The van der Waals surface area contributed by atoms with Crippen LogP contribution < -0.4 is 5.32 Å². The third-order valence-corrected chi connectivity index (χ3v) is 5.15. The molecule has 1 N–H and O–H groups in total. The van der Waals surface area contributed by atoms with Crippen molar-refractivity contribution in [3.05, 3.63) is 17.0 Å². The molecule has 2 fully saturated rings. The molecule has 7 heteroatoms. The van der Waals surface area contributed by atoms with E-state index in [0.717, 1.165) is 11.4 Å². The summed E-state index contributed by atoms with van der Waals surface area (Å²) in [6, 6.07) is 1.08. The summed E-state index contributed by atoms with van der Waals surface area (Å²) in [6.07, 6.45) is 6.62. The molecular formula is C14H19ClN6. The highest BCUT2D eigenvalue weighted by Crippen LogP contribution is 2.31. The maximum absolute atomic E-state index is 6.23. The molecule has 21 heavy (non-hydrogen) atoms. The van der Waals surface area contributed by atoms with Crippen LogP contribution in [0.5, 0.6) is 0 Å². The van der Waals surface area contributed by atoms with Crippen molar-refractivity contribution >= 4 is 23.2 Å². The van der Waals surface area contributed by atoms with Crippen LogP contribution in [0.25, 0.3) is 5.78 Å². The van der Waals surface area contributed by atoms with Gasteiger partial charge in [-0.25, -0.2) is 0 Å². The number of aromatic nitrogens is 4. The normalized spacial score (nSPS) is 26.2. The van der Waals surface area contributed by atoms with Crippen molar-refractivity contribution in [2.24, 2.45) is 0 Å². The second kappa shape index (κ2) is 5.10. The Balaban J connectivity index is 1.68. The summed E-state index contributed by atoms with van der Waals surface area (Å²) >= 11 is 6.23. The fourth-order valence-corrected chi connectivity index (χ4v) is 3.82. The Labute approximate surface area is 128 Å². The van der Waals surface area contributed by atoms with Crippen LogP contribution in [0.1, 0.15) is 31.2 Å². The summed E-state index contributed by atoms with van der Waals surface area (Å²) in [5.41, 5.74) is 0.934. The molecular weight excluding hydrogens is 288 g/mol. The molecule has 0 aliphatic carbocycles. The van der Waals surface area contributed by atoms with Crippen LogP contribution in [-0.2, 0) is 0 Å². The van der Waals surface area contributed by atoms with Gasteiger partial charge >= 0.3 is 0 Å². The quantitative estimate of drug-likeness (QED) is 0.861. The Kier molecular flexibility index (Phi) is 3.23. The van der Waals surface area contributed by atoms with E-state index in [1.54, 1.807) is 4.52 Å². The number of fused-ring (bicyclic) bond motifs is 2. The van der Waals surface area contributed by atoms with Crippen molar-refractivity contribution in [3.63, 3.8) is 0 Å². The lowest BCUT2D eigenvalue weighted by molar-refractivity contribution is 0.192. The maximum Gasteiger partial charge on any atom is 0.255 e. The van der Waals surface area contributed by atoms with Gasteiger partial charge < -0.3 is 5.32 Å². The van der Waals surface area contributed by atoms with Gasteiger partial charge in [-0.05, 0) is 32.7 Å². The molecule has 4 rings (SSSR count). The van der Waals surface area contributed by atoms with Crippen LogP contribution in [0, 0.1) is 6.92 Å². The predicted molar refractivity (Wildman–Crippen MR) is 81.8 cm³/mol. The second-order valence-electron chi connectivity index (χ2n) is 5.99. The van der Waals surface area contributed by atoms with Gasteiger partial charge in [-0.15, -0.1) is 0 Å². The predicted octanol–water partition coefficient (Wildman–Crippen LogP) is 2.12. The molecule has 2 unspecified atom stereocenters. The molecule has 0 saturated carbocycles. The lowest BCUT2D eigenvalue weighted by atomic mass is 9.99. The first-order valence-corrected chi connectivity index (χ1v) is 7.98. The molecule has 4 heterocycles. The summed E-state index contributed by atoms with van der Waals surface area (Å²) in [5, 5.41) is 8.44. The molecule has 0 amide bonds. The van der Waals surface area contributed by atoms with Gasteiger partial charge in [-0.2, -0.15) is 19.6 Å². The van der Waals surface area contributed by atoms with Gasteiger partial charge in [-0.3, -0.25) is 4.90 Å². The fraction of sp³-hybridized carbons (Fsp3) is 0.643. The molecule has 2 aromatic rings. The van der Waals surface area contributed by atoms with E-state index in [-0.39, 0.29) is 0 Å². The van der Waals surface area contributed by atoms with Gasteiger partial charge in [0.1, 0.15) is 17.3 Å². The molecule has 2 saturated heterocycles. The van der Waals surface area contributed by atoms with E-state index in [4.69, 9.17) is 11.6 Å². The molecule has 6 nitrogen and oxygen atoms in total. The molecule has 0 bridgehead atoms. The van der Waals surface area contributed by atoms with Crippen molar-refractivity contribution in [1.29, 1.82) is 0 Å². The Morgan fingerprint density at radius 3 is 3.10 bits per heavy atom. The monoisotopic (exact) mass is 306 g/mol. The molecule has 2 atom stereocenters. The maximum atomic E-state index is 6.23. The number of rotatable bonds is 2. The third-order valence-electron chi connectivity index (χ3n) is 4.78. The first kappa shape index (κ1) is 13.3. The zero-order chi connectivity index (χ0) is 14.4. The molecule has 0 radical (unpaired) electrons. The molecule has 2 aliphatic heterocycles. The van der Waals surface area contributed by atoms with Gasteiger partial charge in [0.05, 0.1) is 0 Å². The van der Waals surface area contributed by atoms with Crippen LogP contribution in [0.15, 0.2) is 6.33 Å². The second-order valence-corrected chi connectivity index (χ2v) is 6.34. The summed E-state index contributed by atoms with van der Waals surface area (Å²) in [5.74, 6) is 1.48. The number of nitrogens with one attached hydrogen (secondary N) is 1. The Hall–Kier alpha value is -1.40.